The van der Waals surface area contributed by atoms with Crippen LogP contribution in [-0.4, -0.2) is 25.4 Å². The van der Waals surface area contributed by atoms with E-state index in [-0.39, 0.29) is 11.3 Å². The molecule has 1 rings (SSSR count). The van der Waals surface area contributed by atoms with E-state index in [1.807, 2.05) is 0 Å². The summed E-state index contributed by atoms with van der Waals surface area (Å²) in [5.74, 6) is -6.38. The van der Waals surface area contributed by atoms with Crippen LogP contribution in [0.25, 0.3) is 0 Å². The number of ether oxygens (including phenoxy) is 2. The predicted molar refractivity (Wildman–Crippen MR) is 63.0 cm³/mol. The molecule has 0 saturated carbocycles. The van der Waals surface area contributed by atoms with Crippen LogP contribution < -0.4 is 4.74 Å². The summed E-state index contributed by atoms with van der Waals surface area (Å²) in [4.78, 5) is 10.7. The maximum Gasteiger partial charge on any atom is 0.310 e. The zero-order valence-electron chi connectivity index (χ0n) is 11.2. The summed E-state index contributed by atoms with van der Waals surface area (Å²) in [5.41, 5.74) is -0.0637. The highest BCUT2D eigenvalue weighted by Gasteiger charge is 2.43. The van der Waals surface area contributed by atoms with Gasteiger partial charge < -0.3 is 9.47 Å². The van der Waals surface area contributed by atoms with Crippen molar-refractivity contribution in [2.24, 2.45) is 0 Å². The fourth-order valence-electron chi connectivity index (χ4n) is 1.63. The highest BCUT2D eigenvalue weighted by atomic mass is 19.3. The number of methoxy groups -OCH3 is 1. The molecule has 0 heterocycles. The Labute approximate surface area is 117 Å². The van der Waals surface area contributed by atoms with Crippen LogP contribution in [0.1, 0.15) is 25.0 Å². The molecule has 0 aliphatic rings. The van der Waals surface area contributed by atoms with Gasteiger partial charge in [0.1, 0.15) is 0 Å². The first-order chi connectivity index (χ1) is 9.67. The number of alkyl halides is 4. The summed E-state index contributed by atoms with van der Waals surface area (Å²) in [5, 5.41) is 0. The molecule has 0 spiro atoms. The molecular formula is C13H13F5O3. The van der Waals surface area contributed by atoms with Crippen LogP contribution in [0.3, 0.4) is 0 Å². The summed E-state index contributed by atoms with van der Waals surface area (Å²) in [6.07, 6.45) is -6.57. The molecule has 1 unspecified atom stereocenters. The van der Waals surface area contributed by atoms with Crippen molar-refractivity contribution in [1.82, 2.24) is 0 Å². The van der Waals surface area contributed by atoms with Crippen LogP contribution in [0.4, 0.5) is 22.0 Å². The molecule has 0 saturated heterocycles. The highest BCUT2D eigenvalue weighted by molar-refractivity contribution is 5.69. The standard InChI is InChI=1S/C13H13F5O3/c1-7(19)21-10-4-3-8(5-9(10)14)11(20-2)6-13(17,18)12(15)16/h3-5,11-12H,6H2,1-2H3. The van der Waals surface area contributed by atoms with Crippen molar-refractivity contribution in [3.05, 3.63) is 29.6 Å². The minimum atomic E-state index is -4.26. The van der Waals surface area contributed by atoms with Gasteiger partial charge in [-0.25, -0.2) is 22.0 Å². The summed E-state index contributed by atoms with van der Waals surface area (Å²) >= 11 is 0. The molecule has 0 N–H and O–H groups in total. The fraction of sp³-hybridized carbons (Fsp3) is 0.462. The van der Waals surface area contributed by atoms with E-state index in [1.54, 1.807) is 0 Å². The summed E-state index contributed by atoms with van der Waals surface area (Å²) in [7, 11) is 1.05. The maximum atomic E-state index is 13.6. The van der Waals surface area contributed by atoms with E-state index in [2.05, 4.69) is 4.74 Å². The van der Waals surface area contributed by atoms with E-state index >= 15 is 0 Å². The number of esters is 1. The van der Waals surface area contributed by atoms with Gasteiger partial charge in [-0.1, -0.05) is 6.07 Å². The van der Waals surface area contributed by atoms with E-state index in [9.17, 15) is 26.7 Å². The molecule has 118 valence electrons. The highest BCUT2D eigenvalue weighted by Crippen LogP contribution is 2.36. The third kappa shape index (κ3) is 4.66. The first-order valence-electron chi connectivity index (χ1n) is 5.84. The average molecular weight is 312 g/mol. The second-order valence-electron chi connectivity index (χ2n) is 4.27. The van der Waals surface area contributed by atoms with Crippen molar-refractivity contribution in [2.75, 3.05) is 7.11 Å². The first-order valence-corrected chi connectivity index (χ1v) is 5.84. The zero-order chi connectivity index (χ0) is 16.2. The van der Waals surface area contributed by atoms with E-state index in [0.717, 1.165) is 32.2 Å². The summed E-state index contributed by atoms with van der Waals surface area (Å²) < 4.78 is 73.3. The Bertz CT molecular complexity index is 505. The SMILES string of the molecule is COC(CC(F)(F)C(F)F)c1ccc(OC(C)=O)c(F)c1. The van der Waals surface area contributed by atoms with E-state index in [0.29, 0.717) is 0 Å². The Morgan fingerprint density at radius 2 is 1.95 bits per heavy atom. The Morgan fingerprint density at radius 1 is 1.33 bits per heavy atom. The Morgan fingerprint density at radius 3 is 2.38 bits per heavy atom. The van der Waals surface area contributed by atoms with Crippen LogP contribution in [0.2, 0.25) is 0 Å². The van der Waals surface area contributed by atoms with Crippen LogP contribution in [0.5, 0.6) is 5.75 Å². The number of benzene rings is 1. The van der Waals surface area contributed by atoms with Crippen molar-refractivity contribution in [2.45, 2.75) is 31.8 Å². The first kappa shape index (κ1) is 17.4. The van der Waals surface area contributed by atoms with E-state index in [1.165, 1.54) is 0 Å². The smallest absolute Gasteiger partial charge is 0.310 e. The minimum Gasteiger partial charge on any atom is -0.424 e. The molecule has 0 radical (unpaired) electrons. The van der Waals surface area contributed by atoms with Gasteiger partial charge in [0, 0.05) is 20.5 Å². The molecule has 1 aromatic rings. The van der Waals surface area contributed by atoms with Crippen molar-refractivity contribution < 1.29 is 36.2 Å². The van der Waals surface area contributed by atoms with E-state index < -0.39 is 36.7 Å². The van der Waals surface area contributed by atoms with Crippen molar-refractivity contribution in [1.29, 1.82) is 0 Å². The quantitative estimate of drug-likeness (QED) is 0.456. The lowest BCUT2D eigenvalue weighted by atomic mass is 10.0. The van der Waals surface area contributed by atoms with Crippen molar-refractivity contribution in [3.63, 3.8) is 0 Å². The third-order valence-corrected chi connectivity index (χ3v) is 2.64. The van der Waals surface area contributed by atoms with Crippen LogP contribution >= 0.6 is 0 Å². The van der Waals surface area contributed by atoms with Gasteiger partial charge in [-0.2, -0.15) is 0 Å². The average Bonchev–Trinajstić information content (AvgIpc) is 2.37. The molecule has 0 bridgehead atoms. The van der Waals surface area contributed by atoms with Crippen LogP contribution in [0.15, 0.2) is 18.2 Å². The lowest BCUT2D eigenvalue weighted by Gasteiger charge is -2.22. The minimum absolute atomic E-state index is 0.0637. The summed E-state index contributed by atoms with van der Waals surface area (Å²) in [6.45, 7) is 1.06. The molecule has 0 aliphatic carbocycles. The largest absolute Gasteiger partial charge is 0.424 e. The van der Waals surface area contributed by atoms with Gasteiger partial charge in [-0.05, 0) is 17.7 Å². The van der Waals surface area contributed by atoms with Crippen LogP contribution in [-0.2, 0) is 9.53 Å². The molecular weight excluding hydrogens is 299 g/mol. The molecule has 0 aliphatic heterocycles. The van der Waals surface area contributed by atoms with Gasteiger partial charge in [0.25, 0.3) is 0 Å². The normalized spacial score (nSPS) is 13.3. The number of hydrogen-bond acceptors (Lipinski definition) is 3. The molecule has 21 heavy (non-hydrogen) atoms. The molecule has 0 amide bonds. The van der Waals surface area contributed by atoms with Crippen molar-refractivity contribution >= 4 is 5.97 Å². The number of carbonyl (C=O) groups is 1. The molecule has 0 aromatic heterocycles. The Hall–Kier alpha value is -1.70. The number of carbonyl (C=O) groups excluding carboxylic acids is 1. The van der Waals surface area contributed by atoms with Gasteiger partial charge in [-0.15, -0.1) is 0 Å². The molecule has 3 nitrogen and oxygen atoms in total. The molecule has 8 heteroatoms. The fourth-order valence-corrected chi connectivity index (χ4v) is 1.63. The predicted octanol–water partition coefficient (Wildman–Crippen LogP) is 3.73. The van der Waals surface area contributed by atoms with Gasteiger partial charge in [0.2, 0.25) is 0 Å². The number of halogens is 5. The van der Waals surface area contributed by atoms with Gasteiger partial charge in [-0.3, -0.25) is 4.79 Å². The van der Waals surface area contributed by atoms with E-state index in [4.69, 9.17) is 4.74 Å². The maximum absolute atomic E-state index is 13.6. The topological polar surface area (TPSA) is 35.5 Å². The molecule has 1 atom stereocenters. The number of rotatable bonds is 6. The van der Waals surface area contributed by atoms with Crippen LogP contribution in [0, 0.1) is 5.82 Å². The molecule has 0 fully saturated rings. The molecule has 1 aromatic carbocycles. The Kier molecular flexibility index (Phi) is 5.65. The lowest BCUT2D eigenvalue weighted by Crippen LogP contribution is -2.29. The number of hydrogen-bond donors (Lipinski definition) is 0. The third-order valence-electron chi connectivity index (χ3n) is 2.64. The Balaban J connectivity index is 2.97. The monoisotopic (exact) mass is 312 g/mol. The second-order valence-corrected chi connectivity index (χ2v) is 4.27. The second kappa shape index (κ2) is 6.84. The van der Waals surface area contributed by atoms with Gasteiger partial charge in [0.15, 0.2) is 11.6 Å². The zero-order valence-corrected chi connectivity index (χ0v) is 11.2. The van der Waals surface area contributed by atoms with Crippen molar-refractivity contribution in [3.8, 4) is 5.75 Å². The van der Waals surface area contributed by atoms with Gasteiger partial charge >= 0.3 is 18.3 Å². The lowest BCUT2D eigenvalue weighted by molar-refractivity contribution is -0.152. The summed E-state index contributed by atoms with van der Waals surface area (Å²) in [6, 6.07) is 3.00. The van der Waals surface area contributed by atoms with Gasteiger partial charge in [0.05, 0.1) is 6.10 Å².